The van der Waals surface area contributed by atoms with Crippen LogP contribution in [0.2, 0.25) is 0 Å². The summed E-state index contributed by atoms with van der Waals surface area (Å²) in [6.07, 6.45) is -4.40. The van der Waals surface area contributed by atoms with E-state index in [0.29, 0.717) is 10.8 Å². The summed E-state index contributed by atoms with van der Waals surface area (Å²) < 4.78 is 5.13. The highest BCUT2D eigenvalue weighted by molar-refractivity contribution is 5.11. The minimum atomic E-state index is -2.72. The number of ether oxygens (including phenoxy) is 1. The van der Waals surface area contributed by atoms with E-state index in [-0.39, 0.29) is 0 Å². The van der Waals surface area contributed by atoms with E-state index in [1.807, 2.05) is 0 Å². The third kappa shape index (κ3) is 1.95. The van der Waals surface area contributed by atoms with Gasteiger partial charge in [0, 0.05) is 0 Å². The van der Waals surface area contributed by atoms with Crippen molar-refractivity contribution in [1.82, 2.24) is 9.55 Å². The number of hydrogen-bond acceptors (Lipinski definition) is 8. The van der Waals surface area contributed by atoms with Gasteiger partial charge in [-0.05, 0) is 0 Å². The normalized spacial score (nSPS) is 34.6. The Balaban J connectivity index is 2.55. The van der Waals surface area contributed by atoms with E-state index in [2.05, 4.69) is 0 Å². The Morgan fingerprint density at radius 1 is 1.42 bits per heavy atom. The third-order valence-electron chi connectivity index (χ3n) is 2.86. The van der Waals surface area contributed by atoms with Crippen molar-refractivity contribution < 1.29 is 30.3 Å². The molecule has 19 heavy (non-hydrogen) atoms. The molecule has 10 heteroatoms. The molecule has 2 rings (SSSR count). The zero-order chi connectivity index (χ0) is 14.4. The van der Waals surface area contributed by atoms with Crippen LogP contribution in [-0.4, -0.2) is 60.0 Å². The first-order chi connectivity index (χ1) is 8.81. The van der Waals surface area contributed by atoms with Crippen molar-refractivity contribution in [3.05, 3.63) is 27.0 Å². The van der Waals surface area contributed by atoms with E-state index in [1.54, 1.807) is 4.98 Å². The predicted molar refractivity (Wildman–Crippen MR) is 57.2 cm³/mol. The monoisotopic (exact) mass is 276 g/mol. The molecule has 10 nitrogen and oxygen atoms in total. The molecule has 2 heterocycles. The lowest BCUT2D eigenvalue weighted by molar-refractivity contribution is -0.291. The largest absolute Gasteiger partial charge is 0.502 e. The van der Waals surface area contributed by atoms with Crippen LogP contribution in [-0.2, 0) is 10.6 Å². The molecule has 6 N–H and O–H groups in total. The van der Waals surface area contributed by atoms with E-state index < -0.39 is 47.8 Å². The maximum absolute atomic E-state index is 11.5. The fourth-order valence-electron chi connectivity index (χ4n) is 1.83. The number of rotatable bonds is 2. The van der Waals surface area contributed by atoms with E-state index >= 15 is 0 Å². The number of hydrogen-bond donors (Lipinski definition) is 6. The summed E-state index contributed by atoms with van der Waals surface area (Å²) in [7, 11) is 0. The van der Waals surface area contributed by atoms with Gasteiger partial charge in [0.15, 0.2) is 11.9 Å². The number of aromatic nitrogens is 2. The fraction of sp³-hybridized carbons (Fsp3) is 0.556. The molecule has 0 aliphatic carbocycles. The first kappa shape index (κ1) is 13.7. The zero-order valence-corrected chi connectivity index (χ0v) is 9.42. The van der Waals surface area contributed by atoms with Gasteiger partial charge in [0.05, 0.1) is 12.8 Å². The van der Waals surface area contributed by atoms with Crippen LogP contribution < -0.4 is 11.2 Å². The molecule has 0 unspecified atom stereocenters. The van der Waals surface area contributed by atoms with Crippen molar-refractivity contribution in [2.75, 3.05) is 6.61 Å². The zero-order valence-electron chi connectivity index (χ0n) is 9.42. The van der Waals surface area contributed by atoms with Crippen molar-refractivity contribution in [2.24, 2.45) is 0 Å². The number of nitrogens with one attached hydrogen (secondary N) is 1. The molecule has 1 fully saturated rings. The lowest BCUT2D eigenvalue weighted by atomic mass is 10.1. The number of aromatic hydroxyl groups is 1. The number of aliphatic hydroxyl groups is 4. The Hall–Kier alpha value is -1.72. The molecule has 1 aromatic rings. The number of H-pyrrole nitrogens is 1. The molecular weight excluding hydrogens is 264 g/mol. The van der Waals surface area contributed by atoms with E-state index in [9.17, 15) is 30.0 Å². The fourth-order valence-corrected chi connectivity index (χ4v) is 1.83. The second kappa shape index (κ2) is 4.43. The highest BCUT2D eigenvalue weighted by Gasteiger charge is 2.55. The lowest BCUT2D eigenvalue weighted by Gasteiger charge is -2.27. The van der Waals surface area contributed by atoms with Crippen LogP contribution in [0.3, 0.4) is 0 Å². The molecular formula is C9H12N2O8. The first-order valence-corrected chi connectivity index (χ1v) is 5.24. The molecule has 0 aromatic carbocycles. The Labute approximate surface area is 104 Å². The van der Waals surface area contributed by atoms with E-state index in [1.165, 1.54) is 0 Å². The molecule has 1 aliphatic heterocycles. The van der Waals surface area contributed by atoms with Crippen LogP contribution in [0.25, 0.3) is 0 Å². The summed E-state index contributed by atoms with van der Waals surface area (Å²) >= 11 is 0. The average Bonchev–Trinajstić information content (AvgIpc) is 2.59. The summed E-state index contributed by atoms with van der Waals surface area (Å²) in [5.41, 5.74) is -2.26. The second-order valence-corrected chi connectivity index (χ2v) is 4.08. The summed E-state index contributed by atoms with van der Waals surface area (Å²) in [4.78, 5) is 24.2. The molecule has 0 spiro atoms. The van der Waals surface area contributed by atoms with Gasteiger partial charge in [-0.25, -0.2) is 9.36 Å². The highest BCUT2D eigenvalue weighted by atomic mass is 16.7. The standard InChI is InChI=1S/C9H12N2O8/c12-2-4-5(14)6(15)9(18,19-4)11-1-3(13)7(16)10-8(11)17/h1,4-6,12-15,18H,2H2,(H,10,16,17)/t4-,5-,6-,9-/m1/s1. The smallest absolute Gasteiger partial charge is 0.332 e. The van der Waals surface area contributed by atoms with Crippen LogP contribution >= 0.6 is 0 Å². The lowest BCUT2D eigenvalue weighted by Crippen LogP contribution is -2.51. The number of aliphatic hydroxyl groups excluding tert-OH is 3. The van der Waals surface area contributed by atoms with Gasteiger partial charge in [-0.3, -0.25) is 9.78 Å². The van der Waals surface area contributed by atoms with Gasteiger partial charge in [0.2, 0.25) is 0 Å². The molecule has 0 saturated carbocycles. The topological polar surface area (TPSA) is 165 Å². The van der Waals surface area contributed by atoms with Gasteiger partial charge in [-0.15, -0.1) is 0 Å². The maximum Gasteiger partial charge on any atom is 0.332 e. The summed E-state index contributed by atoms with van der Waals surface area (Å²) in [6.45, 7) is -0.718. The number of aromatic amines is 1. The van der Waals surface area contributed by atoms with Gasteiger partial charge in [-0.1, -0.05) is 0 Å². The first-order valence-electron chi connectivity index (χ1n) is 5.24. The van der Waals surface area contributed by atoms with Crippen LogP contribution in [0.15, 0.2) is 15.8 Å². The highest BCUT2D eigenvalue weighted by Crippen LogP contribution is 2.32. The SMILES string of the molecule is O=c1[nH]c(=O)n([C@]2(O)O[C@H](CO)[C@@H](O)[C@H]2O)cc1O. The van der Waals surface area contributed by atoms with Gasteiger partial charge >= 0.3 is 5.69 Å². The molecule has 1 aliphatic rings. The quantitative estimate of drug-likeness (QED) is 0.317. The van der Waals surface area contributed by atoms with Crippen molar-refractivity contribution >= 4 is 0 Å². The molecule has 4 atom stereocenters. The third-order valence-corrected chi connectivity index (χ3v) is 2.86. The minimum absolute atomic E-state index is 0.313. The molecule has 0 amide bonds. The van der Waals surface area contributed by atoms with Crippen molar-refractivity contribution in [3.8, 4) is 5.75 Å². The van der Waals surface area contributed by atoms with Crippen LogP contribution in [0, 0.1) is 0 Å². The molecule has 1 aromatic heterocycles. The summed E-state index contributed by atoms with van der Waals surface area (Å²) in [5, 5.41) is 47.4. The summed E-state index contributed by atoms with van der Waals surface area (Å²) in [5.74, 6) is -3.61. The van der Waals surface area contributed by atoms with Gasteiger partial charge in [0.1, 0.15) is 12.2 Å². The van der Waals surface area contributed by atoms with Gasteiger partial charge < -0.3 is 30.3 Å². The molecule has 106 valence electrons. The second-order valence-electron chi connectivity index (χ2n) is 4.08. The number of nitrogens with zero attached hydrogens (tertiary/aromatic N) is 1. The van der Waals surface area contributed by atoms with Gasteiger partial charge in [-0.2, -0.15) is 0 Å². The van der Waals surface area contributed by atoms with Crippen LogP contribution in [0.4, 0.5) is 0 Å². The Morgan fingerprint density at radius 2 is 2.05 bits per heavy atom. The van der Waals surface area contributed by atoms with E-state index in [4.69, 9.17) is 9.84 Å². The Bertz CT molecular complexity index is 595. The Kier molecular flexibility index (Phi) is 3.20. The molecule has 0 bridgehead atoms. The molecule has 1 saturated heterocycles. The molecule has 0 radical (unpaired) electrons. The average molecular weight is 276 g/mol. The summed E-state index contributed by atoms with van der Waals surface area (Å²) in [6, 6.07) is 0. The van der Waals surface area contributed by atoms with Crippen LogP contribution in [0.5, 0.6) is 5.75 Å². The van der Waals surface area contributed by atoms with Gasteiger partial charge in [0.25, 0.3) is 11.5 Å². The maximum atomic E-state index is 11.5. The van der Waals surface area contributed by atoms with E-state index in [0.717, 1.165) is 0 Å². The van der Waals surface area contributed by atoms with Crippen molar-refractivity contribution in [1.29, 1.82) is 0 Å². The minimum Gasteiger partial charge on any atom is -0.502 e. The van der Waals surface area contributed by atoms with Crippen LogP contribution in [0.1, 0.15) is 0 Å². The van der Waals surface area contributed by atoms with Crippen molar-refractivity contribution in [2.45, 2.75) is 24.2 Å². The predicted octanol–water partition coefficient (Wildman–Crippen LogP) is -4.04. The Morgan fingerprint density at radius 3 is 2.58 bits per heavy atom. The van der Waals surface area contributed by atoms with Crippen molar-refractivity contribution in [3.63, 3.8) is 0 Å².